The number of rotatable bonds is 3. The van der Waals surface area contributed by atoms with Gasteiger partial charge in [-0.15, -0.1) is 0 Å². The molecule has 7 heteroatoms. The van der Waals surface area contributed by atoms with Crippen molar-refractivity contribution in [2.24, 2.45) is 0 Å². The Morgan fingerprint density at radius 2 is 2.00 bits per heavy atom. The van der Waals surface area contributed by atoms with E-state index in [1.807, 2.05) is 0 Å². The first-order valence-corrected chi connectivity index (χ1v) is 5.46. The number of hydrogen-bond donors (Lipinski definition) is 2. The standard InChI is InChI=1S/C12H7ClF2N2O2/c13-9-4-6(14)1-2-10(9)17-11-8(12(18)19)3-7(15)5-16-11/h1-5H,(H,16,17)(H,18,19). The van der Waals surface area contributed by atoms with Gasteiger partial charge in [0.05, 0.1) is 16.9 Å². The Morgan fingerprint density at radius 1 is 1.26 bits per heavy atom. The smallest absolute Gasteiger partial charge is 0.339 e. The number of anilines is 2. The summed E-state index contributed by atoms with van der Waals surface area (Å²) in [6.45, 7) is 0. The summed E-state index contributed by atoms with van der Waals surface area (Å²) < 4.78 is 25.8. The number of pyridine rings is 1. The van der Waals surface area contributed by atoms with Crippen LogP contribution in [0.5, 0.6) is 0 Å². The number of hydrogen-bond acceptors (Lipinski definition) is 3. The number of nitrogens with zero attached hydrogens (tertiary/aromatic N) is 1. The van der Waals surface area contributed by atoms with Gasteiger partial charge in [0.2, 0.25) is 0 Å². The summed E-state index contributed by atoms with van der Waals surface area (Å²) in [4.78, 5) is 14.6. The minimum absolute atomic E-state index is 0.0578. The highest BCUT2D eigenvalue weighted by atomic mass is 35.5. The molecule has 0 unspecified atom stereocenters. The SMILES string of the molecule is O=C(O)c1cc(F)cnc1Nc1ccc(F)cc1Cl. The lowest BCUT2D eigenvalue weighted by molar-refractivity contribution is 0.0697. The molecule has 0 bridgehead atoms. The summed E-state index contributed by atoms with van der Waals surface area (Å²) in [6.07, 6.45) is 0.867. The highest BCUT2D eigenvalue weighted by Crippen LogP contribution is 2.27. The van der Waals surface area contributed by atoms with E-state index in [2.05, 4.69) is 10.3 Å². The topological polar surface area (TPSA) is 62.2 Å². The van der Waals surface area contributed by atoms with Crippen molar-refractivity contribution in [3.8, 4) is 0 Å². The Morgan fingerprint density at radius 3 is 2.63 bits per heavy atom. The predicted octanol–water partition coefficient (Wildman–Crippen LogP) is 3.46. The van der Waals surface area contributed by atoms with Gasteiger partial charge in [-0.05, 0) is 24.3 Å². The summed E-state index contributed by atoms with van der Waals surface area (Å²) in [5.41, 5.74) is -0.0786. The quantitative estimate of drug-likeness (QED) is 0.906. The molecule has 1 heterocycles. The van der Waals surface area contributed by atoms with Crippen LogP contribution in [0, 0.1) is 11.6 Å². The first kappa shape index (κ1) is 13.2. The molecule has 0 spiro atoms. The van der Waals surface area contributed by atoms with Crippen molar-refractivity contribution in [2.45, 2.75) is 0 Å². The molecule has 1 aromatic heterocycles. The molecular weight excluding hydrogens is 278 g/mol. The van der Waals surface area contributed by atoms with Gasteiger partial charge in [-0.1, -0.05) is 11.6 Å². The van der Waals surface area contributed by atoms with Gasteiger partial charge in [-0.2, -0.15) is 0 Å². The molecule has 0 atom stereocenters. The maximum atomic E-state index is 12.9. The average molecular weight is 285 g/mol. The summed E-state index contributed by atoms with van der Waals surface area (Å²) in [7, 11) is 0. The zero-order valence-electron chi connectivity index (χ0n) is 9.32. The number of nitrogens with one attached hydrogen (secondary N) is 1. The molecule has 2 aromatic rings. The normalized spacial score (nSPS) is 10.3. The molecule has 19 heavy (non-hydrogen) atoms. The first-order chi connectivity index (χ1) is 8.97. The van der Waals surface area contributed by atoms with Gasteiger partial charge in [0.25, 0.3) is 0 Å². The fourth-order valence-electron chi connectivity index (χ4n) is 1.42. The number of benzene rings is 1. The predicted molar refractivity (Wildman–Crippen MR) is 65.8 cm³/mol. The van der Waals surface area contributed by atoms with Crippen LogP contribution in [0.2, 0.25) is 5.02 Å². The van der Waals surface area contributed by atoms with E-state index in [1.165, 1.54) is 6.07 Å². The van der Waals surface area contributed by atoms with Crippen LogP contribution in [-0.4, -0.2) is 16.1 Å². The number of aromatic nitrogens is 1. The number of halogens is 3. The van der Waals surface area contributed by atoms with Crippen LogP contribution >= 0.6 is 11.6 Å². The highest BCUT2D eigenvalue weighted by Gasteiger charge is 2.14. The third kappa shape index (κ3) is 2.97. The molecule has 0 saturated carbocycles. The maximum Gasteiger partial charge on any atom is 0.339 e. The Hall–Kier alpha value is -2.21. The van der Waals surface area contributed by atoms with Gasteiger partial charge in [0.15, 0.2) is 0 Å². The Bertz CT molecular complexity index is 650. The Labute approximate surface area is 111 Å². The van der Waals surface area contributed by atoms with Gasteiger partial charge < -0.3 is 10.4 Å². The minimum Gasteiger partial charge on any atom is -0.478 e. The Kier molecular flexibility index (Phi) is 3.62. The summed E-state index contributed by atoms with van der Waals surface area (Å²) in [5.74, 6) is -2.72. The molecule has 0 radical (unpaired) electrons. The van der Waals surface area contributed by atoms with Crippen LogP contribution in [-0.2, 0) is 0 Å². The molecular formula is C12H7ClF2N2O2. The van der Waals surface area contributed by atoms with E-state index in [9.17, 15) is 13.6 Å². The van der Waals surface area contributed by atoms with Crippen LogP contribution < -0.4 is 5.32 Å². The number of carbonyl (C=O) groups is 1. The fourth-order valence-corrected chi connectivity index (χ4v) is 1.63. The van der Waals surface area contributed by atoms with E-state index >= 15 is 0 Å². The van der Waals surface area contributed by atoms with E-state index in [4.69, 9.17) is 16.7 Å². The van der Waals surface area contributed by atoms with E-state index in [0.29, 0.717) is 0 Å². The summed E-state index contributed by atoms with van der Waals surface area (Å²) in [6, 6.07) is 4.37. The first-order valence-electron chi connectivity index (χ1n) is 5.08. The van der Waals surface area contributed by atoms with Crippen LogP contribution in [0.1, 0.15) is 10.4 Å². The van der Waals surface area contributed by atoms with Crippen molar-refractivity contribution in [3.63, 3.8) is 0 Å². The van der Waals surface area contributed by atoms with E-state index in [1.54, 1.807) is 0 Å². The molecule has 0 aliphatic carbocycles. The van der Waals surface area contributed by atoms with Gasteiger partial charge >= 0.3 is 5.97 Å². The number of carboxylic acids is 1. The van der Waals surface area contributed by atoms with Crippen LogP contribution in [0.4, 0.5) is 20.3 Å². The minimum atomic E-state index is -1.34. The molecule has 1 aromatic carbocycles. The second-order valence-corrected chi connectivity index (χ2v) is 4.01. The lowest BCUT2D eigenvalue weighted by Gasteiger charge is -2.10. The average Bonchev–Trinajstić information content (AvgIpc) is 2.34. The molecule has 2 rings (SSSR count). The van der Waals surface area contributed by atoms with E-state index in [-0.39, 0.29) is 22.1 Å². The van der Waals surface area contributed by atoms with Gasteiger partial charge in [-0.25, -0.2) is 18.6 Å². The van der Waals surface area contributed by atoms with Gasteiger partial charge in [0.1, 0.15) is 23.0 Å². The van der Waals surface area contributed by atoms with Crippen molar-refractivity contribution < 1.29 is 18.7 Å². The van der Waals surface area contributed by atoms with Crippen LogP contribution in [0.15, 0.2) is 30.5 Å². The number of carboxylic acid groups (broad SMARTS) is 1. The molecule has 0 aliphatic rings. The van der Waals surface area contributed by atoms with E-state index < -0.39 is 17.6 Å². The largest absolute Gasteiger partial charge is 0.478 e. The second kappa shape index (κ2) is 5.19. The molecule has 0 fully saturated rings. The molecule has 2 N–H and O–H groups in total. The van der Waals surface area contributed by atoms with Crippen molar-refractivity contribution in [1.29, 1.82) is 0 Å². The Balaban J connectivity index is 2.40. The summed E-state index contributed by atoms with van der Waals surface area (Å²) in [5, 5.41) is 11.6. The van der Waals surface area contributed by atoms with Gasteiger partial charge in [0, 0.05) is 0 Å². The van der Waals surface area contributed by atoms with Crippen LogP contribution in [0.3, 0.4) is 0 Å². The molecule has 0 saturated heterocycles. The monoisotopic (exact) mass is 284 g/mol. The molecule has 98 valence electrons. The lowest BCUT2D eigenvalue weighted by atomic mass is 10.2. The van der Waals surface area contributed by atoms with Crippen molar-refractivity contribution in [3.05, 3.63) is 52.7 Å². The third-order valence-electron chi connectivity index (χ3n) is 2.27. The van der Waals surface area contributed by atoms with E-state index in [0.717, 1.165) is 24.4 Å². The second-order valence-electron chi connectivity index (χ2n) is 3.60. The maximum absolute atomic E-state index is 12.9. The zero-order valence-corrected chi connectivity index (χ0v) is 10.1. The van der Waals surface area contributed by atoms with Crippen molar-refractivity contribution in [2.75, 3.05) is 5.32 Å². The lowest BCUT2D eigenvalue weighted by Crippen LogP contribution is -2.06. The molecule has 0 aliphatic heterocycles. The fraction of sp³-hybridized carbons (Fsp3) is 0. The third-order valence-corrected chi connectivity index (χ3v) is 2.58. The van der Waals surface area contributed by atoms with Gasteiger partial charge in [-0.3, -0.25) is 0 Å². The van der Waals surface area contributed by atoms with Crippen molar-refractivity contribution in [1.82, 2.24) is 4.98 Å². The number of aromatic carboxylic acids is 1. The molecule has 0 amide bonds. The van der Waals surface area contributed by atoms with Crippen LogP contribution in [0.25, 0.3) is 0 Å². The molecule has 4 nitrogen and oxygen atoms in total. The summed E-state index contributed by atoms with van der Waals surface area (Å²) >= 11 is 5.79. The highest BCUT2D eigenvalue weighted by molar-refractivity contribution is 6.33. The van der Waals surface area contributed by atoms with Crippen molar-refractivity contribution >= 4 is 29.1 Å². The zero-order chi connectivity index (χ0) is 14.0.